The van der Waals surface area contributed by atoms with Gasteiger partial charge in [0.2, 0.25) is 11.0 Å². The van der Waals surface area contributed by atoms with Crippen molar-refractivity contribution in [3.63, 3.8) is 0 Å². The first-order valence-electron chi connectivity index (χ1n) is 11.9. The first-order chi connectivity index (χ1) is 18.5. The quantitative estimate of drug-likeness (QED) is 0.401. The van der Waals surface area contributed by atoms with E-state index in [1.165, 1.54) is 23.1 Å². The lowest BCUT2D eigenvalue weighted by atomic mass is 9.76. The molecule has 0 fully saturated rings. The van der Waals surface area contributed by atoms with Crippen LogP contribution in [0.3, 0.4) is 0 Å². The van der Waals surface area contributed by atoms with E-state index in [0.29, 0.717) is 46.7 Å². The van der Waals surface area contributed by atoms with Gasteiger partial charge in [-0.3, -0.25) is 14.5 Å². The summed E-state index contributed by atoms with van der Waals surface area (Å²) >= 11 is 2.41. The molecule has 1 unspecified atom stereocenters. The fourth-order valence-corrected chi connectivity index (χ4v) is 6.24. The number of rotatable bonds is 8. The van der Waals surface area contributed by atoms with Gasteiger partial charge in [0.05, 0.1) is 23.3 Å². The second kappa shape index (κ2) is 11.1. The van der Waals surface area contributed by atoms with Crippen molar-refractivity contribution in [2.24, 2.45) is 11.5 Å². The van der Waals surface area contributed by atoms with E-state index in [9.17, 15) is 14.9 Å². The van der Waals surface area contributed by atoms with E-state index < -0.39 is 11.8 Å². The number of nitriles is 1. The molecule has 38 heavy (non-hydrogen) atoms. The molecule has 1 atom stereocenters. The Bertz CT molecular complexity index is 1470. The third kappa shape index (κ3) is 5.14. The molecule has 0 saturated heterocycles. The lowest BCUT2D eigenvalue weighted by Crippen LogP contribution is -2.38. The monoisotopic (exact) mass is 544 g/mol. The number of aromatic nitrogens is 2. The summed E-state index contributed by atoms with van der Waals surface area (Å²) in [4.78, 5) is 26.1. The summed E-state index contributed by atoms with van der Waals surface area (Å²) in [5, 5.41) is 19.0. The molecule has 0 saturated carbocycles. The van der Waals surface area contributed by atoms with Crippen LogP contribution in [-0.4, -0.2) is 27.6 Å². The van der Waals surface area contributed by atoms with Crippen molar-refractivity contribution in [2.75, 3.05) is 10.7 Å². The Balaban J connectivity index is 1.48. The minimum Gasteiger partial charge on any atom is -0.489 e. The normalized spacial score (nSPS) is 17.3. The second-order valence-electron chi connectivity index (χ2n) is 8.77. The van der Waals surface area contributed by atoms with Gasteiger partial charge in [-0.15, -0.1) is 10.2 Å². The van der Waals surface area contributed by atoms with Crippen LogP contribution >= 0.6 is 23.1 Å². The highest BCUT2D eigenvalue weighted by molar-refractivity contribution is 8.01. The molecule has 3 aromatic rings. The van der Waals surface area contributed by atoms with Gasteiger partial charge in [0, 0.05) is 17.7 Å². The van der Waals surface area contributed by atoms with E-state index in [4.69, 9.17) is 16.2 Å². The molecule has 1 aromatic heterocycles. The van der Waals surface area contributed by atoms with E-state index in [2.05, 4.69) is 16.3 Å². The van der Waals surface area contributed by atoms with E-state index >= 15 is 0 Å². The molecule has 0 spiro atoms. The lowest BCUT2D eigenvalue weighted by molar-refractivity contribution is -0.116. The Morgan fingerprint density at radius 3 is 2.63 bits per heavy atom. The van der Waals surface area contributed by atoms with Crippen LogP contribution in [0.15, 0.2) is 81.6 Å². The van der Waals surface area contributed by atoms with Crippen molar-refractivity contribution >= 4 is 39.9 Å². The zero-order chi connectivity index (χ0) is 26.6. The van der Waals surface area contributed by atoms with Crippen LogP contribution < -0.4 is 21.1 Å². The molecule has 4 N–H and O–H groups in total. The molecule has 9 nitrogen and oxygen atoms in total. The third-order valence-electron chi connectivity index (χ3n) is 6.30. The number of nitrogens with zero attached hydrogens (tertiary/aromatic N) is 4. The number of ether oxygens (including phenoxy) is 1. The smallest absolute Gasteiger partial charge is 0.227 e. The van der Waals surface area contributed by atoms with E-state index in [1.807, 2.05) is 54.6 Å². The third-order valence-corrected chi connectivity index (χ3v) is 8.36. The maximum Gasteiger partial charge on any atom is 0.227 e. The highest BCUT2D eigenvalue weighted by Gasteiger charge is 2.41. The summed E-state index contributed by atoms with van der Waals surface area (Å²) in [6.45, 7) is 0.435. The molecule has 2 aliphatic rings. The topological polar surface area (TPSA) is 148 Å². The zero-order valence-electron chi connectivity index (χ0n) is 20.3. The summed E-state index contributed by atoms with van der Waals surface area (Å²) in [5.41, 5.74) is 15.2. The molecule has 1 aliphatic carbocycles. The van der Waals surface area contributed by atoms with Gasteiger partial charge in [0.25, 0.3) is 0 Å². The molecular formula is C27H24N6O3S2. The molecular weight excluding hydrogens is 520 g/mol. The largest absolute Gasteiger partial charge is 0.489 e. The Labute approximate surface area is 227 Å². The molecule has 11 heteroatoms. The molecule has 2 heterocycles. The standard InChI is InChI=1S/C27H24N6O3S2/c28-13-19-23(17-9-11-18(12-10-17)36-14-16-5-2-1-3-6-16)24-20(7-4-8-21(24)34)33(25(19)30)26-31-32-27(38-26)37-15-22(29)35/h1-3,5-6,9-12,23H,4,7-8,14-15,30H2,(H2,29,35). The maximum absolute atomic E-state index is 13.3. The number of nitrogens with two attached hydrogens (primary N) is 2. The number of carbonyl (C=O) groups is 2. The van der Waals surface area contributed by atoms with Crippen molar-refractivity contribution in [2.45, 2.75) is 36.1 Å². The number of anilines is 1. The number of allylic oxidation sites excluding steroid dienone is 3. The first-order valence-corrected chi connectivity index (χ1v) is 13.7. The number of Topliss-reactive ketones (excluding diaryl/α,β-unsaturated/α-hetero) is 1. The summed E-state index contributed by atoms with van der Waals surface area (Å²) in [6.07, 6.45) is 1.68. The van der Waals surface area contributed by atoms with Crippen LogP contribution in [0.4, 0.5) is 5.13 Å². The minimum atomic E-state index is -0.584. The number of hydrogen-bond donors (Lipinski definition) is 2. The fraction of sp³-hybridized carbons (Fsp3) is 0.222. The zero-order valence-corrected chi connectivity index (χ0v) is 21.9. The van der Waals surface area contributed by atoms with Crippen LogP contribution in [0.25, 0.3) is 0 Å². The number of ketones is 1. The van der Waals surface area contributed by atoms with Crippen LogP contribution in [0.2, 0.25) is 0 Å². The van der Waals surface area contributed by atoms with Crippen molar-refractivity contribution in [1.29, 1.82) is 5.26 Å². The summed E-state index contributed by atoms with van der Waals surface area (Å²) in [7, 11) is 0. The highest BCUT2D eigenvalue weighted by atomic mass is 32.2. The van der Waals surface area contributed by atoms with Crippen molar-refractivity contribution < 1.29 is 14.3 Å². The Morgan fingerprint density at radius 2 is 1.92 bits per heavy atom. The summed E-state index contributed by atoms with van der Waals surface area (Å²) in [5.74, 6) is -0.0821. The van der Waals surface area contributed by atoms with Crippen LogP contribution in [0.5, 0.6) is 5.75 Å². The van der Waals surface area contributed by atoms with Gasteiger partial charge in [-0.25, -0.2) is 0 Å². The maximum atomic E-state index is 13.3. The van der Waals surface area contributed by atoms with Gasteiger partial charge in [-0.05, 0) is 36.1 Å². The number of benzene rings is 2. The number of carbonyl (C=O) groups excluding carboxylic acids is 2. The number of primary amides is 1. The Kier molecular flexibility index (Phi) is 7.44. The van der Waals surface area contributed by atoms with Crippen LogP contribution in [0, 0.1) is 11.3 Å². The van der Waals surface area contributed by atoms with Crippen molar-refractivity contribution in [3.8, 4) is 11.8 Å². The molecule has 2 aromatic carbocycles. The van der Waals surface area contributed by atoms with Gasteiger partial charge in [-0.2, -0.15) is 5.26 Å². The predicted molar refractivity (Wildman–Crippen MR) is 145 cm³/mol. The molecule has 192 valence electrons. The Morgan fingerprint density at radius 1 is 1.16 bits per heavy atom. The molecule has 0 radical (unpaired) electrons. The second-order valence-corrected chi connectivity index (χ2v) is 10.9. The van der Waals surface area contributed by atoms with Crippen LogP contribution in [-0.2, 0) is 16.2 Å². The summed E-state index contributed by atoms with van der Waals surface area (Å²) < 4.78 is 6.46. The number of hydrogen-bond acceptors (Lipinski definition) is 10. The molecule has 1 aliphatic heterocycles. The van der Waals surface area contributed by atoms with Crippen molar-refractivity contribution in [1.82, 2.24) is 10.2 Å². The van der Waals surface area contributed by atoms with Gasteiger partial charge in [0.1, 0.15) is 18.2 Å². The highest BCUT2D eigenvalue weighted by Crippen LogP contribution is 2.47. The Hall–Kier alpha value is -4.14. The number of thioether (sulfide) groups is 1. The average Bonchev–Trinajstić information content (AvgIpc) is 3.39. The minimum absolute atomic E-state index is 0.0150. The van der Waals surface area contributed by atoms with Gasteiger partial charge in [0.15, 0.2) is 10.1 Å². The van der Waals surface area contributed by atoms with Gasteiger partial charge < -0.3 is 16.2 Å². The first kappa shape index (κ1) is 25.5. The van der Waals surface area contributed by atoms with Gasteiger partial charge >= 0.3 is 0 Å². The number of amides is 1. The van der Waals surface area contributed by atoms with E-state index in [-0.39, 0.29) is 22.9 Å². The van der Waals surface area contributed by atoms with Crippen molar-refractivity contribution in [3.05, 3.63) is 88.4 Å². The van der Waals surface area contributed by atoms with E-state index in [0.717, 1.165) is 16.8 Å². The molecule has 0 bridgehead atoms. The van der Waals surface area contributed by atoms with Crippen LogP contribution in [0.1, 0.15) is 36.3 Å². The lowest BCUT2D eigenvalue weighted by Gasteiger charge is -2.38. The van der Waals surface area contributed by atoms with Gasteiger partial charge in [-0.1, -0.05) is 65.6 Å². The summed E-state index contributed by atoms with van der Waals surface area (Å²) in [6, 6.07) is 19.6. The van der Waals surface area contributed by atoms with E-state index in [1.54, 1.807) is 4.90 Å². The fourth-order valence-electron chi connectivity index (χ4n) is 4.62. The molecule has 1 amide bonds. The predicted octanol–water partition coefficient (Wildman–Crippen LogP) is 4.00. The average molecular weight is 545 g/mol. The SMILES string of the molecule is N#CC1=C(N)N(c2nnc(SCC(N)=O)s2)C2=C(C(=O)CCC2)C1c1ccc(OCc2ccccc2)cc1. The molecule has 5 rings (SSSR count).